The monoisotopic (exact) mass is 371 g/mol. The highest BCUT2D eigenvalue weighted by molar-refractivity contribution is 5.78. The minimum absolute atomic E-state index is 0.156. The van der Waals surface area contributed by atoms with E-state index >= 15 is 0 Å². The molecule has 1 aromatic carbocycles. The molecular formula is C21H29N3O3. The standard InChI is InChI=1S/C21H29N3O3/c1-16-22-17-6-3-4-7-18(17)24(16)12-9-20(25)23-13-10-21(11-14-23)19(26-2)8-5-15-27-21/h3-4,6-7,19H,5,8-15H2,1-2H3/t19-/m1/s1. The maximum absolute atomic E-state index is 12.8. The summed E-state index contributed by atoms with van der Waals surface area (Å²) in [6.07, 6.45) is 4.50. The van der Waals surface area contributed by atoms with Crippen LogP contribution in [0.3, 0.4) is 0 Å². The molecule has 0 N–H and O–H groups in total. The Hall–Kier alpha value is -1.92. The Kier molecular flexibility index (Phi) is 5.19. The van der Waals surface area contributed by atoms with Crippen LogP contribution in [0, 0.1) is 6.92 Å². The number of nitrogens with zero attached hydrogens (tertiary/aromatic N) is 3. The van der Waals surface area contributed by atoms with Gasteiger partial charge in [0.05, 0.1) is 22.7 Å². The largest absolute Gasteiger partial charge is 0.378 e. The molecule has 0 aliphatic carbocycles. The smallest absolute Gasteiger partial charge is 0.224 e. The molecule has 2 aliphatic heterocycles. The first-order valence-corrected chi connectivity index (χ1v) is 9.99. The Labute approximate surface area is 160 Å². The van der Waals surface area contributed by atoms with E-state index in [1.807, 2.05) is 30.0 Å². The molecule has 4 rings (SSSR count). The van der Waals surface area contributed by atoms with Crippen molar-refractivity contribution in [1.82, 2.24) is 14.5 Å². The van der Waals surface area contributed by atoms with E-state index in [1.54, 1.807) is 7.11 Å². The average molecular weight is 371 g/mol. The minimum atomic E-state index is -0.194. The molecule has 1 amide bonds. The third-order valence-corrected chi connectivity index (χ3v) is 6.23. The first-order chi connectivity index (χ1) is 13.1. The fourth-order valence-electron chi connectivity index (χ4n) is 4.68. The van der Waals surface area contributed by atoms with Crippen molar-refractivity contribution in [3.63, 3.8) is 0 Å². The zero-order valence-corrected chi connectivity index (χ0v) is 16.3. The summed E-state index contributed by atoms with van der Waals surface area (Å²) < 4.78 is 14.0. The van der Waals surface area contributed by atoms with Gasteiger partial charge in [0.2, 0.25) is 5.91 Å². The molecule has 2 aliphatic rings. The summed E-state index contributed by atoms with van der Waals surface area (Å²) in [5.74, 6) is 1.17. The van der Waals surface area contributed by atoms with Crippen LogP contribution < -0.4 is 0 Å². The number of imidazole rings is 1. The molecule has 1 aromatic heterocycles. The van der Waals surface area contributed by atoms with Crippen molar-refractivity contribution in [2.24, 2.45) is 0 Å². The van der Waals surface area contributed by atoms with Crippen LogP contribution in [-0.4, -0.2) is 58.9 Å². The number of fused-ring (bicyclic) bond motifs is 1. The number of ether oxygens (including phenoxy) is 2. The van der Waals surface area contributed by atoms with E-state index in [9.17, 15) is 4.79 Å². The molecule has 6 nitrogen and oxygen atoms in total. The fourth-order valence-corrected chi connectivity index (χ4v) is 4.68. The highest BCUT2D eigenvalue weighted by atomic mass is 16.5. The van der Waals surface area contributed by atoms with Crippen molar-refractivity contribution >= 4 is 16.9 Å². The van der Waals surface area contributed by atoms with Gasteiger partial charge in [0.25, 0.3) is 0 Å². The van der Waals surface area contributed by atoms with E-state index in [-0.39, 0.29) is 17.6 Å². The lowest BCUT2D eigenvalue weighted by molar-refractivity contribution is -0.188. The average Bonchev–Trinajstić information content (AvgIpc) is 3.02. The predicted octanol–water partition coefficient (Wildman–Crippen LogP) is 2.92. The van der Waals surface area contributed by atoms with Gasteiger partial charge in [-0.05, 0) is 44.7 Å². The summed E-state index contributed by atoms with van der Waals surface area (Å²) in [6, 6.07) is 8.09. The van der Waals surface area contributed by atoms with Gasteiger partial charge in [0, 0.05) is 39.8 Å². The highest BCUT2D eigenvalue weighted by Gasteiger charge is 2.45. The van der Waals surface area contributed by atoms with Gasteiger partial charge in [-0.25, -0.2) is 4.98 Å². The molecular weight excluding hydrogens is 342 g/mol. The maximum atomic E-state index is 12.8. The molecule has 3 heterocycles. The molecule has 1 spiro atoms. The topological polar surface area (TPSA) is 56.6 Å². The number of hydrogen-bond acceptors (Lipinski definition) is 4. The zero-order valence-electron chi connectivity index (χ0n) is 16.3. The van der Waals surface area contributed by atoms with Gasteiger partial charge >= 0.3 is 0 Å². The zero-order chi connectivity index (χ0) is 18.9. The Bertz CT molecular complexity index is 808. The maximum Gasteiger partial charge on any atom is 0.224 e. The van der Waals surface area contributed by atoms with Crippen molar-refractivity contribution in [3.05, 3.63) is 30.1 Å². The van der Waals surface area contributed by atoms with Crippen LogP contribution in [0.15, 0.2) is 24.3 Å². The Morgan fingerprint density at radius 3 is 2.89 bits per heavy atom. The van der Waals surface area contributed by atoms with Crippen LogP contribution >= 0.6 is 0 Å². The van der Waals surface area contributed by atoms with E-state index in [0.717, 1.165) is 62.2 Å². The molecule has 2 aromatic rings. The lowest BCUT2D eigenvalue weighted by Crippen LogP contribution is -2.56. The molecule has 0 radical (unpaired) electrons. The van der Waals surface area contributed by atoms with Gasteiger partial charge in [-0.3, -0.25) is 4.79 Å². The third-order valence-electron chi connectivity index (χ3n) is 6.23. The molecule has 146 valence electrons. The Balaban J connectivity index is 1.36. The number of rotatable bonds is 4. The van der Waals surface area contributed by atoms with Crippen LogP contribution in [0.5, 0.6) is 0 Å². The number of amides is 1. The lowest BCUT2D eigenvalue weighted by Gasteiger charge is -2.48. The van der Waals surface area contributed by atoms with Gasteiger partial charge in [-0.15, -0.1) is 0 Å². The summed E-state index contributed by atoms with van der Waals surface area (Å²) in [6.45, 7) is 4.98. The second-order valence-electron chi connectivity index (χ2n) is 7.71. The molecule has 6 heteroatoms. The number of benzene rings is 1. The summed E-state index contributed by atoms with van der Waals surface area (Å²) in [5, 5.41) is 0. The number of para-hydroxylation sites is 2. The van der Waals surface area contributed by atoms with Gasteiger partial charge in [-0.1, -0.05) is 12.1 Å². The molecule has 1 atom stereocenters. The van der Waals surface area contributed by atoms with E-state index in [1.165, 1.54) is 0 Å². The number of aryl methyl sites for hydroxylation is 2. The van der Waals surface area contributed by atoms with Crippen molar-refractivity contribution in [2.75, 3.05) is 26.8 Å². The number of piperidine rings is 1. The molecule has 0 bridgehead atoms. The number of likely N-dealkylation sites (tertiary alicyclic amines) is 1. The van der Waals surface area contributed by atoms with Gasteiger partial charge in [0.15, 0.2) is 0 Å². The number of carbonyl (C=O) groups is 1. The van der Waals surface area contributed by atoms with Gasteiger partial charge in [-0.2, -0.15) is 0 Å². The third kappa shape index (κ3) is 3.48. The first kappa shape index (κ1) is 18.4. The Morgan fingerprint density at radius 2 is 2.11 bits per heavy atom. The quantitative estimate of drug-likeness (QED) is 0.829. The molecule has 27 heavy (non-hydrogen) atoms. The highest BCUT2D eigenvalue weighted by Crippen LogP contribution is 2.36. The van der Waals surface area contributed by atoms with Crippen molar-refractivity contribution in [1.29, 1.82) is 0 Å². The van der Waals surface area contributed by atoms with Crippen LogP contribution in [-0.2, 0) is 20.8 Å². The number of carbonyl (C=O) groups excluding carboxylic acids is 1. The van der Waals surface area contributed by atoms with Crippen LogP contribution in [0.2, 0.25) is 0 Å². The van der Waals surface area contributed by atoms with E-state index in [0.29, 0.717) is 13.0 Å². The second-order valence-corrected chi connectivity index (χ2v) is 7.71. The lowest BCUT2D eigenvalue weighted by atomic mass is 9.82. The predicted molar refractivity (Wildman–Crippen MR) is 104 cm³/mol. The SMILES string of the molecule is CO[C@@H]1CCCOC12CCN(C(=O)CCn1c(C)nc3ccccc31)CC2. The molecule has 2 fully saturated rings. The summed E-state index contributed by atoms with van der Waals surface area (Å²) in [5.41, 5.74) is 1.89. The number of methoxy groups -OCH3 is 1. The van der Waals surface area contributed by atoms with Crippen molar-refractivity contribution in [3.8, 4) is 0 Å². The summed E-state index contributed by atoms with van der Waals surface area (Å²) >= 11 is 0. The second kappa shape index (κ2) is 7.60. The fraction of sp³-hybridized carbons (Fsp3) is 0.619. The summed E-state index contributed by atoms with van der Waals surface area (Å²) in [4.78, 5) is 19.4. The van der Waals surface area contributed by atoms with Crippen molar-refractivity contribution < 1.29 is 14.3 Å². The molecule has 2 saturated heterocycles. The van der Waals surface area contributed by atoms with E-state index in [2.05, 4.69) is 15.6 Å². The van der Waals surface area contributed by atoms with Crippen LogP contribution in [0.1, 0.15) is 37.9 Å². The van der Waals surface area contributed by atoms with Crippen LogP contribution in [0.25, 0.3) is 11.0 Å². The van der Waals surface area contributed by atoms with E-state index in [4.69, 9.17) is 9.47 Å². The van der Waals surface area contributed by atoms with E-state index < -0.39 is 0 Å². The number of aromatic nitrogens is 2. The normalized spacial score (nSPS) is 22.4. The number of hydrogen-bond donors (Lipinski definition) is 0. The minimum Gasteiger partial charge on any atom is -0.378 e. The molecule has 0 unspecified atom stereocenters. The summed E-state index contributed by atoms with van der Waals surface area (Å²) in [7, 11) is 1.77. The Morgan fingerprint density at radius 1 is 1.33 bits per heavy atom. The van der Waals surface area contributed by atoms with Gasteiger partial charge < -0.3 is 18.9 Å². The first-order valence-electron chi connectivity index (χ1n) is 9.99. The molecule has 0 saturated carbocycles. The van der Waals surface area contributed by atoms with Crippen molar-refractivity contribution in [2.45, 2.75) is 57.3 Å². The van der Waals surface area contributed by atoms with Gasteiger partial charge in [0.1, 0.15) is 5.82 Å². The van der Waals surface area contributed by atoms with Crippen LogP contribution in [0.4, 0.5) is 0 Å².